The zero-order valence-corrected chi connectivity index (χ0v) is 9.67. The van der Waals surface area contributed by atoms with Crippen molar-refractivity contribution in [2.45, 2.75) is 18.9 Å². The Kier molecular flexibility index (Phi) is 3.49. The van der Waals surface area contributed by atoms with Crippen LogP contribution in [0.3, 0.4) is 0 Å². The molecule has 1 aromatic carbocycles. The molecule has 1 heterocycles. The van der Waals surface area contributed by atoms with Crippen molar-refractivity contribution >= 4 is 22.5 Å². The van der Waals surface area contributed by atoms with E-state index in [-0.39, 0.29) is 0 Å². The molecule has 16 heavy (non-hydrogen) atoms. The summed E-state index contributed by atoms with van der Waals surface area (Å²) in [6, 6.07) is 5.67. The average molecular weight is 239 g/mol. The van der Waals surface area contributed by atoms with Crippen molar-refractivity contribution in [1.29, 1.82) is 0 Å². The van der Waals surface area contributed by atoms with Gasteiger partial charge in [0.05, 0.1) is 16.6 Å². The first-order chi connectivity index (χ1) is 7.74. The Hall–Kier alpha value is -1.03. The molecule has 0 saturated heterocycles. The van der Waals surface area contributed by atoms with Crippen molar-refractivity contribution in [2.24, 2.45) is 5.73 Å². The molecule has 1 atom stereocenters. The summed E-state index contributed by atoms with van der Waals surface area (Å²) in [5.74, 6) is 0. The first-order valence-electron chi connectivity index (χ1n) is 5.37. The van der Waals surface area contributed by atoms with Crippen LogP contribution in [0.4, 0.5) is 0 Å². The molecule has 1 unspecified atom stereocenters. The van der Waals surface area contributed by atoms with Crippen LogP contribution in [-0.4, -0.2) is 16.6 Å². The maximum atomic E-state index is 10.0. The number of aromatic amines is 1. The molecule has 4 heteroatoms. The van der Waals surface area contributed by atoms with Crippen LogP contribution in [0.15, 0.2) is 24.4 Å². The fraction of sp³-hybridized carbons (Fsp3) is 0.333. The predicted molar refractivity (Wildman–Crippen MR) is 66.6 cm³/mol. The normalized spacial score (nSPS) is 13.2. The van der Waals surface area contributed by atoms with Gasteiger partial charge in [0.2, 0.25) is 0 Å². The molecule has 0 spiro atoms. The lowest BCUT2D eigenvalue weighted by Crippen LogP contribution is -2.03. The van der Waals surface area contributed by atoms with Crippen molar-refractivity contribution in [3.8, 4) is 0 Å². The van der Waals surface area contributed by atoms with E-state index < -0.39 is 6.10 Å². The predicted octanol–water partition coefficient (Wildman–Crippen LogP) is 2.59. The number of H-pyrrole nitrogens is 1. The minimum Gasteiger partial charge on any atom is -0.388 e. The van der Waals surface area contributed by atoms with E-state index in [4.69, 9.17) is 17.3 Å². The summed E-state index contributed by atoms with van der Waals surface area (Å²) in [6.07, 6.45) is 2.83. The van der Waals surface area contributed by atoms with Gasteiger partial charge in [0.25, 0.3) is 0 Å². The van der Waals surface area contributed by atoms with Gasteiger partial charge in [-0.05, 0) is 25.5 Å². The summed E-state index contributed by atoms with van der Waals surface area (Å²) in [5, 5.41) is 11.7. The van der Waals surface area contributed by atoms with Crippen molar-refractivity contribution in [1.82, 2.24) is 4.98 Å². The zero-order chi connectivity index (χ0) is 11.5. The number of benzene rings is 1. The Morgan fingerprint density at radius 2 is 2.25 bits per heavy atom. The smallest absolute Gasteiger partial charge is 0.0811 e. The molecule has 0 aliphatic heterocycles. The minimum atomic E-state index is -0.476. The largest absolute Gasteiger partial charge is 0.388 e. The lowest BCUT2D eigenvalue weighted by Gasteiger charge is -2.08. The number of aliphatic hydroxyl groups excluding tert-OH is 1. The van der Waals surface area contributed by atoms with Gasteiger partial charge in [0.1, 0.15) is 0 Å². The van der Waals surface area contributed by atoms with Crippen LogP contribution in [-0.2, 0) is 0 Å². The number of para-hydroxylation sites is 1. The standard InChI is InChI=1S/C12H15ClN2O/c13-10-4-1-3-8-9(7-15-12(8)10)11(16)5-2-6-14/h1,3-4,7,11,15-16H,2,5-6,14H2. The van der Waals surface area contributed by atoms with Crippen LogP contribution < -0.4 is 5.73 Å². The van der Waals surface area contributed by atoms with E-state index in [0.29, 0.717) is 18.0 Å². The highest BCUT2D eigenvalue weighted by molar-refractivity contribution is 6.35. The Balaban J connectivity index is 2.34. The summed E-state index contributed by atoms with van der Waals surface area (Å²) in [4.78, 5) is 3.09. The van der Waals surface area contributed by atoms with Crippen LogP contribution in [0.25, 0.3) is 10.9 Å². The number of nitrogens with one attached hydrogen (secondary N) is 1. The van der Waals surface area contributed by atoms with Gasteiger partial charge in [-0.1, -0.05) is 23.7 Å². The number of halogens is 1. The van der Waals surface area contributed by atoms with Crippen molar-refractivity contribution in [3.63, 3.8) is 0 Å². The van der Waals surface area contributed by atoms with E-state index in [0.717, 1.165) is 22.9 Å². The molecule has 0 saturated carbocycles. The third-order valence-electron chi connectivity index (χ3n) is 2.74. The fourth-order valence-corrected chi connectivity index (χ4v) is 2.11. The lowest BCUT2D eigenvalue weighted by molar-refractivity contribution is 0.167. The Labute approximate surface area is 99.2 Å². The number of aromatic nitrogens is 1. The van der Waals surface area contributed by atoms with E-state index in [1.165, 1.54) is 0 Å². The molecular formula is C12H15ClN2O. The van der Waals surface area contributed by atoms with E-state index in [1.807, 2.05) is 24.4 Å². The Bertz CT molecular complexity index is 481. The monoisotopic (exact) mass is 238 g/mol. The lowest BCUT2D eigenvalue weighted by atomic mass is 10.0. The number of rotatable bonds is 4. The molecule has 4 N–H and O–H groups in total. The number of aliphatic hydroxyl groups is 1. The highest BCUT2D eigenvalue weighted by Gasteiger charge is 2.13. The summed E-state index contributed by atoms with van der Waals surface area (Å²) in [5.41, 5.74) is 7.20. The Morgan fingerprint density at radius 1 is 1.44 bits per heavy atom. The van der Waals surface area contributed by atoms with Crippen LogP contribution in [0.2, 0.25) is 5.02 Å². The zero-order valence-electron chi connectivity index (χ0n) is 8.91. The summed E-state index contributed by atoms with van der Waals surface area (Å²) in [6.45, 7) is 0.597. The van der Waals surface area contributed by atoms with Gasteiger partial charge in [0, 0.05) is 17.1 Å². The van der Waals surface area contributed by atoms with Crippen LogP contribution >= 0.6 is 11.6 Å². The summed E-state index contributed by atoms with van der Waals surface area (Å²) in [7, 11) is 0. The maximum absolute atomic E-state index is 10.0. The van der Waals surface area contributed by atoms with Gasteiger partial charge < -0.3 is 15.8 Å². The van der Waals surface area contributed by atoms with Crippen molar-refractivity contribution in [2.75, 3.05) is 6.54 Å². The average Bonchev–Trinajstić information content (AvgIpc) is 2.71. The number of hydrogen-bond acceptors (Lipinski definition) is 2. The van der Waals surface area contributed by atoms with Crippen LogP contribution in [0.5, 0.6) is 0 Å². The quantitative estimate of drug-likeness (QED) is 0.767. The minimum absolute atomic E-state index is 0.476. The first-order valence-corrected chi connectivity index (χ1v) is 5.75. The number of fused-ring (bicyclic) bond motifs is 1. The molecule has 0 aliphatic carbocycles. The first kappa shape index (κ1) is 11.5. The third kappa shape index (κ3) is 2.07. The van der Waals surface area contributed by atoms with Gasteiger partial charge in [-0.3, -0.25) is 0 Å². The molecule has 0 fully saturated rings. The van der Waals surface area contributed by atoms with Crippen molar-refractivity contribution in [3.05, 3.63) is 35.0 Å². The molecular weight excluding hydrogens is 224 g/mol. The van der Waals surface area contributed by atoms with E-state index in [1.54, 1.807) is 0 Å². The molecule has 1 aromatic heterocycles. The molecule has 0 bridgehead atoms. The molecule has 2 rings (SSSR count). The van der Waals surface area contributed by atoms with Gasteiger partial charge in [-0.25, -0.2) is 0 Å². The fourth-order valence-electron chi connectivity index (χ4n) is 1.88. The van der Waals surface area contributed by atoms with E-state index in [2.05, 4.69) is 4.98 Å². The van der Waals surface area contributed by atoms with Crippen LogP contribution in [0.1, 0.15) is 24.5 Å². The van der Waals surface area contributed by atoms with Crippen molar-refractivity contribution < 1.29 is 5.11 Å². The van der Waals surface area contributed by atoms with Gasteiger partial charge in [-0.15, -0.1) is 0 Å². The van der Waals surface area contributed by atoms with Gasteiger partial charge >= 0.3 is 0 Å². The molecule has 86 valence electrons. The molecule has 0 amide bonds. The second-order valence-electron chi connectivity index (χ2n) is 3.85. The molecule has 0 aliphatic rings. The molecule has 0 radical (unpaired) electrons. The highest BCUT2D eigenvalue weighted by Crippen LogP contribution is 2.30. The molecule has 2 aromatic rings. The third-order valence-corrected chi connectivity index (χ3v) is 3.05. The summed E-state index contributed by atoms with van der Waals surface area (Å²) >= 11 is 6.05. The topological polar surface area (TPSA) is 62.0 Å². The van der Waals surface area contributed by atoms with Gasteiger partial charge in [0.15, 0.2) is 0 Å². The SMILES string of the molecule is NCCCC(O)c1c[nH]c2c(Cl)cccc12. The second kappa shape index (κ2) is 4.87. The number of hydrogen-bond donors (Lipinski definition) is 3. The van der Waals surface area contributed by atoms with Crippen LogP contribution in [0, 0.1) is 0 Å². The summed E-state index contributed by atoms with van der Waals surface area (Å²) < 4.78 is 0. The maximum Gasteiger partial charge on any atom is 0.0811 e. The second-order valence-corrected chi connectivity index (χ2v) is 4.26. The Morgan fingerprint density at radius 3 is 3.00 bits per heavy atom. The highest BCUT2D eigenvalue weighted by atomic mass is 35.5. The van der Waals surface area contributed by atoms with E-state index in [9.17, 15) is 5.11 Å². The number of nitrogens with two attached hydrogens (primary N) is 1. The van der Waals surface area contributed by atoms with Gasteiger partial charge in [-0.2, -0.15) is 0 Å². The molecule has 3 nitrogen and oxygen atoms in total. The van der Waals surface area contributed by atoms with E-state index >= 15 is 0 Å².